The van der Waals surface area contributed by atoms with E-state index in [1.54, 1.807) is 19.1 Å². The minimum absolute atomic E-state index is 0.0626. The minimum Gasteiger partial charge on any atom is -0.304 e. The first-order chi connectivity index (χ1) is 10.6. The lowest BCUT2D eigenvalue weighted by Gasteiger charge is -2.08. The highest BCUT2D eigenvalue weighted by molar-refractivity contribution is 6.16. The van der Waals surface area contributed by atoms with Crippen molar-refractivity contribution < 1.29 is 4.79 Å². The zero-order valence-electron chi connectivity index (χ0n) is 12.0. The normalized spacial score (nSPS) is 10.8. The van der Waals surface area contributed by atoms with Gasteiger partial charge in [0.25, 0.3) is 5.56 Å². The number of benzene rings is 2. The lowest BCUT2D eigenvalue weighted by molar-refractivity contribution is 0.103. The first-order valence-electron chi connectivity index (χ1n) is 6.99. The molecule has 22 heavy (non-hydrogen) atoms. The van der Waals surface area contributed by atoms with Crippen LogP contribution in [-0.4, -0.2) is 15.8 Å². The topological polar surface area (TPSA) is 82.8 Å². The third kappa shape index (κ3) is 2.26. The summed E-state index contributed by atoms with van der Waals surface area (Å²) in [6.07, 6.45) is 0.359. The number of aromatic amines is 2. The molecule has 0 amide bonds. The number of rotatable bonds is 3. The molecule has 3 rings (SSSR count). The molecule has 110 valence electrons. The number of hydrogen-bond donors (Lipinski definition) is 2. The summed E-state index contributed by atoms with van der Waals surface area (Å²) in [5, 5.41) is 1.72. The van der Waals surface area contributed by atoms with Crippen molar-refractivity contribution in [2.45, 2.75) is 13.3 Å². The predicted octanol–water partition coefficient (Wildman–Crippen LogP) is 2.01. The van der Waals surface area contributed by atoms with Crippen LogP contribution < -0.4 is 11.2 Å². The average molecular weight is 294 g/mol. The van der Waals surface area contributed by atoms with E-state index in [9.17, 15) is 14.4 Å². The van der Waals surface area contributed by atoms with Gasteiger partial charge in [-0.15, -0.1) is 0 Å². The molecule has 0 saturated carbocycles. The van der Waals surface area contributed by atoms with E-state index in [0.717, 1.165) is 10.8 Å². The Balaban J connectivity index is 2.27. The lowest BCUT2D eigenvalue weighted by Crippen LogP contribution is -2.30. The summed E-state index contributed by atoms with van der Waals surface area (Å²) in [4.78, 5) is 40.8. The van der Waals surface area contributed by atoms with Crippen LogP contribution >= 0.6 is 0 Å². The van der Waals surface area contributed by atoms with Gasteiger partial charge in [0.05, 0.1) is 5.69 Å². The van der Waals surface area contributed by atoms with Crippen molar-refractivity contribution in [1.29, 1.82) is 0 Å². The van der Waals surface area contributed by atoms with Gasteiger partial charge in [0, 0.05) is 11.1 Å². The highest BCUT2D eigenvalue weighted by atomic mass is 16.2. The van der Waals surface area contributed by atoms with Gasteiger partial charge < -0.3 is 4.98 Å². The number of carbonyl (C=O) groups excluding carboxylic acids is 1. The summed E-state index contributed by atoms with van der Waals surface area (Å²) < 4.78 is 0. The third-order valence-electron chi connectivity index (χ3n) is 3.66. The van der Waals surface area contributed by atoms with Crippen molar-refractivity contribution in [1.82, 2.24) is 9.97 Å². The number of ketones is 1. The fourth-order valence-electron chi connectivity index (χ4n) is 2.60. The molecule has 0 aliphatic carbocycles. The van der Waals surface area contributed by atoms with Gasteiger partial charge in [-0.3, -0.25) is 14.6 Å². The van der Waals surface area contributed by atoms with Gasteiger partial charge >= 0.3 is 5.69 Å². The molecule has 5 heteroatoms. The van der Waals surface area contributed by atoms with E-state index in [4.69, 9.17) is 0 Å². The highest BCUT2D eigenvalue weighted by Crippen LogP contribution is 2.21. The predicted molar refractivity (Wildman–Crippen MR) is 84.4 cm³/mol. The van der Waals surface area contributed by atoms with Crippen LogP contribution in [0.25, 0.3) is 10.8 Å². The van der Waals surface area contributed by atoms with Gasteiger partial charge in [-0.05, 0) is 17.2 Å². The second kappa shape index (κ2) is 5.44. The van der Waals surface area contributed by atoms with Crippen LogP contribution in [0, 0.1) is 0 Å². The molecule has 2 N–H and O–H groups in total. The molecule has 0 saturated heterocycles. The fraction of sp³-hybridized carbons (Fsp3) is 0.118. The SMILES string of the molecule is CCc1c(C(=O)c2cccc3ccccc23)[nH]c(=O)[nH]c1=O. The Labute approximate surface area is 125 Å². The van der Waals surface area contributed by atoms with E-state index in [0.29, 0.717) is 12.0 Å². The molecule has 0 fully saturated rings. The van der Waals surface area contributed by atoms with Crippen LogP contribution in [0.1, 0.15) is 28.5 Å². The van der Waals surface area contributed by atoms with Crippen molar-refractivity contribution in [3.63, 3.8) is 0 Å². The highest BCUT2D eigenvalue weighted by Gasteiger charge is 2.18. The van der Waals surface area contributed by atoms with Gasteiger partial charge in [0.2, 0.25) is 5.78 Å². The van der Waals surface area contributed by atoms with Gasteiger partial charge in [0.1, 0.15) is 0 Å². The first kappa shape index (κ1) is 14.0. The van der Waals surface area contributed by atoms with E-state index >= 15 is 0 Å². The third-order valence-corrected chi connectivity index (χ3v) is 3.66. The molecule has 3 aromatic rings. The second-order valence-electron chi connectivity index (χ2n) is 4.97. The van der Waals surface area contributed by atoms with Crippen molar-refractivity contribution in [3.8, 4) is 0 Å². The maximum Gasteiger partial charge on any atom is 0.326 e. The standard InChI is InChI=1S/C17H14N2O3/c1-2-11-14(18-17(22)19-16(11)21)15(20)13-9-5-7-10-6-3-4-8-12(10)13/h3-9H,2H2,1H3,(H2,18,19,21,22). The summed E-state index contributed by atoms with van der Waals surface area (Å²) in [7, 11) is 0. The van der Waals surface area contributed by atoms with E-state index < -0.39 is 11.2 Å². The van der Waals surface area contributed by atoms with Gasteiger partial charge in [-0.1, -0.05) is 49.4 Å². The largest absolute Gasteiger partial charge is 0.326 e. The quantitative estimate of drug-likeness (QED) is 0.725. The summed E-state index contributed by atoms with van der Waals surface area (Å²) in [6.45, 7) is 1.77. The Morgan fingerprint density at radius 2 is 1.73 bits per heavy atom. The molecule has 0 aliphatic rings. The molecule has 1 aromatic heterocycles. The molecule has 2 aromatic carbocycles. The molecule has 5 nitrogen and oxygen atoms in total. The number of H-pyrrole nitrogens is 2. The zero-order valence-corrected chi connectivity index (χ0v) is 12.0. The molecular formula is C17H14N2O3. The van der Waals surface area contributed by atoms with Crippen LogP contribution in [0.2, 0.25) is 0 Å². The molecule has 0 bridgehead atoms. The van der Waals surface area contributed by atoms with Crippen LogP contribution in [0.15, 0.2) is 52.1 Å². The van der Waals surface area contributed by atoms with Crippen LogP contribution in [-0.2, 0) is 6.42 Å². The Morgan fingerprint density at radius 3 is 2.50 bits per heavy atom. The van der Waals surface area contributed by atoms with E-state index in [1.165, 1.54) is 0 Å². The molecule has 0 unspecified atom stereocenters. The summed E-state index contributed by atoms with van der Waals surface area (Å²) in [6, 6.07) is 12.9. The number of carbonyl (C=O) groups is 1. The maximum absolute atomic E-state index is 12.8. The molecule has 0 atom stereocenters. The van der Waals surface area contributed by atoms with Crippen LogP contribution in [0.3, 0.4) is 0 Å². The molecule has 0 aliphatic heterocycles. The summed E-state index contributed by atoms with van der Waals surface area (Å²) >= 11 is 0. The van der Waals surface area contributed by atoms with Crippen molar-refractivity contribution in [2.75, 3.05) is 0 Å². The van der Waals surface area contributed by atoms with E-state index in [1.807, 2.05) is 30.3 Å². The second-order valence-corrected chi connectivity index (χ2v) is 4.97. The maximum atomic E-state index is 12.8. The van der Waals surface area contributed by atoms with Crippen molar-refractivity contribution >= 4 is 16.6 Å². The van der Waals surface area contributed by atoms with Gasteiger partial charge in [0.15, 0.2) is 0 Å². The number of nitrogens with one attached hydrogen (secondary N) is 2. The molecule has 1 heterocycles. The van der Waals surface area contributed by atoms with Gasteiger partial charge in [-0.2, -0.15) is 0 Å². The zero-order chi connectivity index (χ0) is 15.7. The molecule has 0 spiro atoms. The molecular weight excluding hydrogens is 280 g/mol. The van der Waals surface area contributed by atoms with Gasteiger partial charge in [-0.25, -0.2) is 4.79 Å². The van der Waals surface area contributed by atoms with Crippen molar-refractivity contribution in [2.24, 2.45) is 0 Å². The number of fused-ring (bicyclic) bond motifs is 1. The van der Waals surface area contributed by atoms with Crippen LogP contribution in [0.4, 0.5) is 0 Å². The Kier molecular flexibility index (Phi) is 3.47. The average Bonchev–Trinajstić information content (AvgIpc) is 2.53. The van der Waals surface area contributed by atoms with E-state index in [-0.39, 0.29) is 17.0 Å². The summed E-state index contributed by atoms with van der Waals surface area (Å²) in [5.41, 5.74) is -0.375. The lowest BCUT2D eigenvalue weighted by atomic mass is 9.97. The smallest absolute Gasteiger partial charge is 0.304 e. The summed E-state index contributed by atoms with van der Waals surface area (Å²) in [5.74, 6) is -0.350. The number of aromatic nitrogens is 2. The minimum atomic E-state index is -0.675. The van der Waals surface area contributed by atoms with Crippen molar-refractivity contribution in [3.05, 3.63) is 80.1 Å². The molecule has 0 radical (unpaired) electrons. The first-order valence-corrected chi connectivity index (χ1v) is 6.99. The Bertz CT molecular complexity index is 978. The fourth-order valence-corrected chi connectivity index (χ4v) is 2.60. The Morgan fingerprint density at radius 1 is 1.00 bits per heavy atom. The number of hydrogen-bond acceptors (Lipinski definition) is 3. The van der Waals surface area contributed by atoms with Crippen LogP contribution in [0.5, 0.6) is 0 Å². The van der Waals surface area contributed by atoms with E-state index in [2.05, 4.69) is 9.97 Å². The monoisotopic (exact) mass is 294 g/mol. The Hall–Kier alpha value is -2.95.